The molecule has 0 spiro atoms. The molecule has 1 rings (SSSR count). The van der Waals surface area contributed by atoms with Gasteiger partial charge in [0.15, 0.2) is 0 Å². The van der Waals surface area contributed by atoms with Gasteiger partial charge in [0.1, 0.15) is 5.75 Å². The van der Waals surface area contributed by atoms with E-state index >= 15 is 0 Å². The molecule has 0 saturated carbocycles. The Morgan fingerprint density at radius 3 is 2.70 bits per heavy atom. The van der Waals surface area contributed by atoms with Gasteiger partial charge in [-0.1, -0.05) is 0 Å². The van der Waals surface area contributed by atoms with E-state index in [9.17, 15) is 14.5 Å². The minimum atomic E-state index is -4.64. The number of aromatic nitrogens is 1. The Kier molecular flexibility index (Phi) is 5.61. The Hall–Kier alpha value is -1.51. The third kappa shape index (κ3) is 5.24. The summed E-state index contributed by atoms with van der Waals surface area (Å²) in [6.45, 7) is 0.778. The molecule has 10 heteroatoms. The second kappa shape index (κ2) is 6.78. The van der Waals surface area contributed by atoms with Crippen molar-refractivity contribution in [2.75, 3.05) is 6.54 Å². The van der Waals surface area contributed by atoms with Gasteiger partial charge in [-0.05, 0) is 6.92 Å². The highest BCUT2D eigenvalue weighted by Gasteiger charge is 2.18. The van der Waals surface area contributed by atoms with E-state index in [1.807, 2.05) is 0 Å². The summed E-state index contributed by atoms with van der Waals surface area (Å²) >= 11 is 0. The Balaban J connectivity index is 2.89. The average molecular weight is 306 g/mol. The van der Waals surface area contributed by atoms with Crippen molar-refractivity contribution >= 4 is 13.8 Å². The quantitative estimate of drug-likeness (QED) is 0.434. The highest BCUT2D eigenvalue weighted by molar-refractivity contribution is 7.46. The molecule has 20 heavy (non-hydrogen) atoms. The number of nitrogens with zero attached hydrogens (tertiary/aromatic N) is 1. The van der Waals surface area contributed by atoms with E-state index in [0.717, 1.165) is 0 Å². The SMILES string of the molecule is Cc1ncc(COP(=O)(O)O)c(CNCC(=O)O)c1O. The van der Waals surface area contributed by atoms with E-state index in [0.29, 0.717) is 5.69 Å². The third-order valence-electron chi connectivity index (χ3n) is 2.40. The van der Waals surface area contributed by atoms with Crippen LogP contribution in [0.15, 0.2) is 6.20 Å². The fourth-order valence-electron chi connectivity index (χ4n) is 1.45. The fraction of sp³-hybridized carbons (Fsp3) is 0.400. The Labute approximate surface area is 114 Å². The normalized spacial score (nSPS) is 11.6. The number of aryl methyl sites for hydroxylation is 1. The smallest absolute Gasteiger partial charge is 0.469 e. The number of carbonyl (C=O) groups is 1. The van der Waals surface area contributed by atoms with E-state index < -0.39 is 20.4 Å². The molecule has 0 aliphatic carbocycles. The lowest BCUT2D eigenvalue weighted by atomic mass is 10.1. The summed E-state index contributed by atoms with van der Waals surface area (Å²) in [7, 11) is -4.64. The van der Waals surface area contributed by atoms with Crippen molar-refractivity contribution in [3.05, 3.63) is 23.0 Å². The molecule has 0 saturated heterocycles. The molecule has 112 valence electrons. The maximum atomic E-state index is 10.7. The molecule has 0 fully saturated rings. The first-order valence-electron chi connectivity index (χ1n) is 5.49. The van der Waals surface area contributed by atoms with E-state index in [2.05, 4.69) is 14.8 Å². The predicted octanol–water partition coefficient (Wildman–Crippen LogP) is -0.121. The molecule has 1 aromatic heterocycles. The number of carboxylic acid groups (broad SMARTS) is 1. The molecular formula is C10H15N2O7P. The van der Waals surface area contributed by atoms with Gasteiger partial charge in [0.05, 0.1) is 18.8 Å². The molecule has 0 aromatic carbocycles. The second-order valence-corrected chi connectivity index (χ2v) is 5.20. The fourth-order valence-corrected chi connectivity index (χ4v) is 1.76. The van der Waals surface area contributed by atoms with Crippen LogP contribution in [0.4, 0.5) is 0 Å². The van der Waals surface area contributed by atoms with Gasteiger partial charge in [-0.15, -0.1) is 0 Å². The molecule has 0 atom stereocenters. The van der Waals surface area contributed by atoms with Gasteiger partial charge in [0.25, 0.3) is 0 Å². The van der Waals surface area contributed by atoms with Gasteiger partial charge in [-0.2, -0.15) is 0 Å². The topological polar surface area (TPSA) is 149 Å². The van der Waals surface area contributed by atoms with Crippen LogP contribution in [0.2, 0.25) is 0 Å². The zero-order valence-corrected chi connectivity index (χ0v) is 11.5. The van der Waals surface area contributed by atoms with Crippen LogP contribution in [0, 0.1) is 6.92 Å². The van der Waals surface area contributed by atoms with Crippen LogP contribution in [0.3, 0.4) is 0 Å². The number of aromatic hydroxyl groups is 1. The first-order chi connectivity index (χ1) is 9.20. The summed E-state index contributed by atoms with van der Waals surface area (Å²) in [6, 6.07) is 0. The molecule has 0 bridgehead atoms. The highest BCUT2D eigenvalue weighted by atomic mass is 31.2. The zero-order valence-electron chi connectivity index (χ0n) is 10.6. The van der Waals surface area contributed by atoms with E-state index in [1.165, 1.54) is 6.20 Å². The molecule has 9 nitrogen and oxygen atoms in total. The molecule has 5 N–H and O–H groups in total. The van der Waals surface area contributed by atoms with Gasteiger partial charge in [0.2, 0.25) is 0 Å². The maximum Gasteiger partial charge on any atom is 0.469 e. The van der Waals surface area contributed by atoms with Crippen LogP contribution in [0.25, 0.3) is 0 Å². The monoisotopic (exact) mass is 306 g/mol. The highest BCUT2D eigenvalue weighted by Crippen LogP contribution is 2.37. The largest absolute Gasteiger partial charge is 0.506 e. The standard InChI is InChI=1S/C10H15N2O7P/c1-6-10(15)8(3-11-4-9(13)14)7(2-12-6)5-19-20(16,17)18/h2,11,15H,3-5H2,1H3,(H,13,14)(H2,16,17,18). The van der Waals surface area contributed by atoms with Crippen molar-refractivity contribution in [1.29, 1.82) is 0 Å². The molecular weight excluding hydrogens is 291 g/mol. The number of pyridine rings is 1. The lowest BCUT2D eigenvalue weighted by Crippen LogP contribution is -2.22. The average Bonchev–Trinajstić information content (AvgIpc) is 2.32. The summed E-state index contributed by atoms with van der Waals surface area (Å²) in [5.74, 6) is -1.24. The molecule has 0 aliphatic rings. The van der Waals surface area contributed by atoms with Gasteiger partial charge in [0, 0.05) is 23.9 Å². The van der Waals surface area contributed by atoms with Crippen molar-refractivity contribution in [2.24, 2.45) is 0 Å². The van der Waals surface area contributed by atoms with Crippen molar-refractivity contribution < 1.29 is 33.9 Å². The van der Waals surface area contributed by atoms with Crippen molar-refractivity contribution in [3.8, 4) is 5.75 Å². The second-order valence-electron chi connectivity index (χ2n) is 3.96. The molecule has 0 aliphatic heterocycles. The molecule has 1 heterocycles. The maximum absolute atomic E-state index is 10.7. The molecule has 0 amide bonds. The van der Waals surface area contributed by atoms with Crippen LogP contribution in [-0.2, 0) is 27.0 Å². The number of phosphoric ester groups is 1. The number of phosphoric acid groups is 1. The van der Waals surface area contributed by atoms with Crippen LogP contribution < -0.4 is 5.32 Å². The number of carboxylic acids is 1. The van der Waals surface area contributed by atoms with Crippen molar-refractivity contribution in [1.82, 2.24) is 10.3 Å². The summed E-state index contributed by atoms with van der Waals surface area (Å²) < 4.78 is 15.0. The third-order valence-corrected chi connectivity index (χ3v) is 2.86. The molecule has 0 unspecified atom stereocenters. The zero-order chi connectivity index (χ0) is 15.3. The van der Waals surface area contributed by atoms with Crippen LogP contribution in [0.5, 0.6) is 5.75 Å². The molecule has 0 radical (unpaired) electrons. The van der Waals surface area contributed by atoms with Crippen LogP contribution in [0.1, 0.15) is 16.8 Å². The van der Waals surface area contributed by atoms with Gasteiger partial charge >= 0.3 is 13.8 Å². The van der Waals surface area contributed by atoms with Crippen LogP contribution >= 0.6 is 7.82 Å². The minimum Gasteiger partial charge on any atom is -0.506 e. The summed E-state index contributed by atoms with van der Waals surface area (Å²) in [4.78, 5) is 31.6. The predicted molar refractivity (Wildman–Crippen MR) is 66.8 cm³/mol. The Bertz CT molecular complexity index is 543. The number of nitrogens with one attached hydrogen (secondary N) is 1. The van der Waals surface area contributed by atoms with E-state index in [4.69, 9.17) is 14.9 Å². The van der Waals surface area contributed by atoms with E-state index in [1.54, 1.807) is 6.92 Å². The van der Waals surface area contributed by atoms with Gasteiger partial charge in [-0.25, -0.2) is 4.57 Å². The number of aliphatic carboxylic acids is 1. The lowest BCUT2D eigenvalue weighted by Gasteiger charge is -2.13. The Morgan fingerprint density at radius 2 is 2.15 bits per heavy atom. The van der Waals surface area contributed by atoms with Crippen molar-refractivity contribution in [2.45, 2.75) is 20.1 Å². The van der Waals surface area contributed by atoms with E-state index in [-0.39, 0.29) is 30.0 Å². The minimum absolute atomic E-state index is 0.00133. The van der Waals surface area contributed by atoms with Gasteiger partial charge in [-0.3, -0.25) is 14.3 Å². The lowest BCUT2D eigenvalue weighted by molar-refractivity contribution is -0.136. The van der Waals surface area contributed by atoms with Crippen molar-refractivity contribution in [3.63, 3.8) is 0 Å². The number of hydrogen-bond acceptors (Lipinski definition) is 6. The van der Waals surface area contributed by atoms with Gasteiger partial charge < -0.3 is 25.3 Å². The summed E-state index contributed by atoms with van der Waals surface area (Å²) in [5, 5.41) is 21.0. The van der Waals surface area contributed by atoms with Crippen LogP contribution in [-0.4, -0.2) is 37.5 Å². The number of rotatable bonds is 7. The number of hydrogen-bond donors (Lipinski definition) is 5. The first kappa shape index (κ1) is 16.5. The summed E-state index contributed by atoms with van der Waals surface area (Å²) in [6.07, 6.45) is 1.31. The summed E-state index contributed by atoms with van der Waals surface area (Å²) in [5.41, 5.74) is 0.860. The Morgan fingerprint density at radius 1 is 1.50 bits per heavy atom. The molecule has 1 aromatic rings. The first-order valence-corrected chi connectivity index (χ1v) is 7.02.